The molecular weight excluding hydrogens is 328 g/mol. The van der Waals surface area contributed by atoms with Gasteiger partial charge in [0.2, 0.25) is 5.91 Å². The Labute approximate surface area is 143 Å². The lowest BCUT2D eigenvalue weighted by Crippen LogP contribution is -2.51. The monoisotopic (exact) mass is 352 g/mol. The highest BCUT2D eigenvalue weighted by Crippen LogP contribution is 2.28. The number of hydrogen-bond donors (Lipinski definition) is 2. The van der Waals surface area contributed by atoms with Gasteiger partial charge < -0.3 is 5.32 Å². The fourth-order valence-corrected chi connectivity index (χ4v) is 4.49. The summed E-state index contributed by atoms with van der Waals surface area (Å²) in [5.74, 6) is -1.04. The van der Waals surface area contributed by atoms with Crippen LogP contribution < -0.4 is 10.0 Å². The van der Waals surface area contributed by atoms with Gasteiger partial charge in [-0.25, -0.2) is 13.1 Å². The second-order valence-corrected chi connectivity index (χ2v) is 8.11. The molecule has 24 heavy (non-hydrogen) atoms. The first-order valence-electron chi connectivity index (χ1n) is 8.12. The van der Waals surface area contributed by atoms with Crippen molar-refractivity contribution in [3.63, 3.8) is 0 Å². The number of amides is 2. The molecule has 1 aliphatic carbocycles. The quantitative estimate of drug-likeness (QED) is 0.845. The van der Waals surface area contributed by atoms with Crippen molar-refractivity contribution in [2.24, 2.45) is 5.92 Å². The number of hydrogen-bond acceptors (Lipinski definition) is 4. The molecule has 1 aliphatic rings. The van der Waals surface area contributed by atoms with Gasteiger partial charge in [0.15, 0.2) is 0 Å². The van der Waals surface area contributed by atoms with Gasteiger partial charge in [-0.2, -0.15) is 0 Å². The molecule has 1 aromatic carbocycles. The molecule has 7 heteroatoms. The first-order valence-corrected chi connectivity index (χ1v) is 9.60. The molecule has 6 nitrogen and oxygen atoms in total. The van der Waals surface area contributed by atoms with Crippen molar-refractivity contribution >= 4 is 21.8 Å². The van der Waals surface area contributed by atoms with E-state index in [4.69, 9.17) is 0 Å². The maximum absolute atomic E-state index is 12.5. The maximum Gasteiger partial charge on any atom is 0.264 e. The van der Waals surface area contributed by atoms with E-state index in [1.165, 1.54) is 13.0 Å². The minimum atomic E-state index is -3.97. The Morgan fingerprint density at radius 1 is 1.17 bits per heavy atom. The molecule has 0 radical (unpaired) electrons. The van der Waals surface area contributed by atoms with Crippen molar-refractivity contribution in [2.75, 3.05) is 0 Å². The van der Waals surface area contributed by atoms with Crippen LogP contribution in [-0.4, -0.2) is 26.3 Å². The number of sulfonamides is 1. The molecule has 0 spiro atoms. The second kappa shape index (κ2) is 7.34. The number of carbonyl (C=O) groups excluding carboxylic acids is 2. The van der Waals surface area contributed by atoms with Crippen LogP contribution in [-0.2, 0) is 19.6 Å². The van der Waals surface area contributed by atoms with Crippen molar-refractivity contribution < 1.29 is 18.0 Å². The molecule has 0 aliphatic heterocycles. The molecule has 0 saturated heterocycles. The van der Waals surface area contributed by atoms with E-state index >= 15 is 0 Å². The van der Waals surface area contributed by atoms with Gasteiger partial charge in [0.05, 0.1) is 4.90 Å². The molecule has 0 bridgehead atoms. The van der Waals surface area contributed by atoms with Crippen LogP contribution in [0.2, 0.25) is 0 Å². The Bertz CT molecular complexity index is 737. The van der Waals surface area contributed by atoms with Gasteiger partial charge in [-0.3, -0.25) is 9.59 Å². The third-order valence-corrected chi connectivity index (χ3v) is 5.87. The van der Waals surface area contributed by atoms with Crippen LogP contribution in [0.4, 0.5) is 0 Å². The second-order valence-electron chi connectivity index (χ2n) is 6.46. The number of rotatable bonds is 5. The summed E-state index contributed by atoms with van der Waals surface area (Å²) in [5.41, 5.74) is 1.52. The average Bonchev–Trinajstić information content (AvgIpc) is 2.97. The lowest BCUT2D eigenvalue weighted by Gasteiger charge is -2.23. The van der Waals surface area contributed by atoms with E-state index < -0.39 is 22.0 Å². The smallest absolute Gasteiger partial charge is 0.264 e. The third-order valence-electron chi connectivity index (χ3n) is 4.37. The molecular formula is C17H24N2O4S. The molecule has 2 rings (SSSR count). The van der Waals surface area contributed by atoms with Gasteiger partial charge in [-0.1, -0.05) is 30.5 Å². The molecule has 1 fully saturated rings. The summed E-state index contributed by atoms with van der Waals surface area (Å²) in [6.07, 6.45) is 3.58. The normalized spacial score (nSPS) is 16.6. The van der Waals surface area contributed by atoms with Crippen molar-refractivity contribution in [3.8, 4) is 0 Å². The predicted molar refractivity (Wildman–Crippen MR) is 90.8 cm³/mol. The molecule has 0 aromatic heterocycles. The first-order chi connectivity index (χ1) is 11.2. The first kappa shape index (κ1) is 18.4. The molecule has 1 aromatic rings. The van der Waals surface area contributed by atoms with Gasteiger partial charge >= 0.3 is 0 Å². The zero-order valence-electron chi connectivity index (χ0n) is 14.3. The third kappa shape index (κ3) is 4.35. The van der Waals surface area contributed by atoms with Gasteiger partial charge in [-0.05, 0) is 44.2 Å². The lowest BCUT2D eigenvalue weighted by atomic mass is 9.97. The Hall–Kier alpha value is -1.89. The number of aryl methyl sites for hydroxylation is 2. The summed E-state index contributed by atoms with van der Waals surface area (Å²) in [6, 6.07) is 4.12. The molecule has 2 amide bonds. The summed E-state index contributed by atoms with van der Waals surface area (Å²) >= 11 is 0. The topological polar surface area (TPSA) is 92.3 Å². The molecule has 2 N–H and O–H groups in total. The minimum absolute atomic E-state index is 0.0248. The number of benzene rings is 1. The standard InChI is InChI=1S/C17H24N2O4S/c1-11-8-9-15(12(2)10-11)24(22,23)19-17(21)16(18-13(3)20)14-6-4-5-7-14/h8-10,14,16H,4-7H2,1-3H3,(H,18,20)(H,19,21). The Balaban J connectivity index is 2.22. The Kier molecular flexibility index (Phi) is 5.64. The Morgan fingerprint density at radius 3 is 2.33 bits per heavy atom. The highest BCUT2D eigenvalue weighted by Gasteiger charge is 2.33. The molecule has 1 atom stereocenters. The van der Waals surface area contributed by atoms with Gasteiger partial charge in [0, 0.05) is 6.92 Å². The molecule has 0 heterocycles. The van der Waals surface area contributed by atoms with Crippen molar-refractivity contribution in [2.45, 2.75) is 57.4 Å². The van der Waals surface area contributed by atoms with Crippen molar-refractivity contribution in [3.05, 3.63) is 29.3 Å². The SMILES string of the molecule is CC(=O)NC(C(=O)NS(=O)(=O)c1ccc(C)cc1C)C1CCCC1. The molecule has 1 saturated carbocycles. The van der Waals surface area contributed by atoms with Crippen LogP contribution >= 0.6 is 0 Å². The number of nitrogens with one attached hydrogen (secondary N) is 2. The lowest BCUT2D eigenvalue weighted by molar-refractivity contribution is -0.128. The predicted octanol–water partition coefficient (Wildman–Crippen LogP) is 1.80. The van der Waals surface area contributed by atoms with E-state index in [1.807, 2.05) is 6.92 Å². The number of carbonyl (C=O) groups is 2. The van der Waals surface area contributed by atoms with E-state index in [9.17, 15) is 18.0 Å². The molecule has 1 unspecified atom stereocenters. The Morgan fingerprint density at radius 2 is 1.79 bits per heavy atom. The van der Waals surface area contributed by atoms with E-state index in [0.29, 0.717) is 5.56 Å². The van der Waals surface area contributed by atoms with Crippen LogP contribution in [0, 0.1) is 19.8 Å². The zero-order valence-corrected chi connectivity index (χ0v) is 15.1. The van der Waals surface area contributed by atoms with Gasteiger partial charge in [-0.15, -0.1) is 0 Å². The van der Waals surface area contributed by atoms with E-state index in [-0.39, 0.29) is 16.7 Å². The van der Waals surface area contributed by atoms with E-state index in [2.05, 4.69) is 10.0 Å². The zero-order chi connectivity index (χ0) is 17.9. The highest BCUT2D eigenvalue weighted by atomic mass is 32.2. The summed E-state index contributed by atoms with van der Waals surface area (Å²) in [6.45, 7) is 4.89. The van der Waals surface area contributed by atoms with Crippen LogP contribution in [0.1, 0.15) is 43.7 Å². The van der Waals surface area contributed by atoms with Crippen molar-refractivity contribution in [1.82, 2.24) is 10.0 Å². The summed E-state index contributed by atoms with van der Waals surface area (Å²) in [4.78, 5) is 24.0. The van der Waals surface area contributed by atoms with Gasteiger partial charge in [0.1, 0.15) is 6.04 Å². The summed E-state index contributed by atoms with van der Waals surface area (Å²) in [5, 5.41) is 2.60. The fraction of sp³-hybridized carbons (Fsp3) is 0.529. The van der Waals surface area contributed by atoms with Crippen LogP contribution in [0.25, 0.3) is 0 Å². The van der Waals surface area contributed by atoms with E-state index in [0.717, 1.165) is 31.2 Å². The summed E-state index contributed by atoms with van der Waals surface area (Å²) in [7, 11) is -3.97. The van der Waals surface area contributed by atoms with Crippen LogP contribution in [0.3, 0.4) is 0 Å². The fourth-order valence-electron chi connectivity index (χ4n) is 3.26. The maximum atomic E-state index is 12.5. The van der Waals surface area contributed by atoms with Crippen LogP contribution in [0.5, 0.6) is 0 Å². The van der Waals surface area contributed by atoms with E-state index in [1.54, 1.807) is 19.1 Å². The minimum Gasteiger partial charge on any atom is -0.344 e. The highest BCUT2D eigenvalue weighted by molar-refractivity contribution is 7.90. The summed E-state index contributed by atoms with van der Waals surface area (Å²) < 4.78 is 27.2. The average molecular weight is 352 g/mol. The van der Waals surface area contributed by atoms with Crippen LogP contribution in [0.15, 0.2) is 23.1 Å². The molecule has 132 valence electrons. The largest absolute Gasteiger partial charge is 0.344 e. The van der Waals surface area contributed by atoms with Crippen molar-refractivity contribution in [1.29, 1.82) is 0 Å². The van der Waals surface area contributed by atoms with Gasteiger partial charge in [0.25, 0.3) is 15.9 Å².